The summed E-state index contributed by atoms with van der Waals surface area (Å²) < 4.78 is 64.7. The summed E-state index contributed by atoms with van der Waals surface area (Å²) >= 11 is 0. The van der Waals surface area contributed by atoms with E-state index in [4.69, 9.17) is 5.73 Å². The Kier molecular flexibility index (Phi) is 7.72. The van der Waals surface area contributed by atoms with Crippen molar-refractivity contribution in [2.75, 3.05) is 17.0 Å². The summed E-state index contributed by atoms with van der Waals surface area (Å²) in [6.45, 7) is 3.06. The molecular weight excluding hydrogens is 357 g/mol. The van der Waals surface area contributed by atoms with Crippen molar-refractivity contribution in [1.82, 2.24) is 4.72 Å². The molecule has 0 aromatic heterocycles. The summed E-state index contributed by atoms with van der Waals surface area (Å²) in [6, 6.07) is 2.42. The summed E-state index contributed by atoms with van der Waals surface area (Å²) in [6.07, 6.45) is 0. The highest BCUT2D eigenvalue weighted by atomic mass is 35.5. The Balaban J connectivity index is 0.00000441. The summed E-state index contributed by atoms with van der Waals surface area (Å²) in [5, 5.41) is 0. The SMILES string of the molecule is CCS(=O)(=O)Nc1ccc(S(=O)(=O)N[C@@H](C)CN)cc1F.Cl. The van der Waals surface area contributed by atoms with Crippen LogP contribution in [0.2, 0.25) is 0 Å². The molecule has 0 aliphatic carbocycles. The van der Waals surface area contributed by atoms with Gasteiger partial charge >= 0.3 is 0 Å². The van der Waals surface area contributed by atoms with Crippen molar-refractivity contribution in [3.8, 4) is 0 Å². The first-order chi connectivity index (χ1) is 9.61. The van der Waals surface area contributed by atoms with Gasteiger partial charge in [0.2, 0.25) is 20.0 Å². The quantitative estimate of drug-likeness (QED) is 0.646. The number of hydrogen-bond donors (Lipinski definition) is 3. The Morgan fingerprint density at radius 1 is 1.27 bits per heavy atom. The van der Waals surface area contributed by atoms with Gasteiger partial charge in [-0.3, -0.25) is 4.72 Å². The molecule has 0 radical (unpaired) electrons. The summed E-state index contributed by atoms with van der Waals surface area (Å²) in [5.74, 6) is -1.20. The number of hydrogen-bond acceptors (Lipinski definition) is 5. The zero-order valence-electron chi connectivity index (χ0n) is 12.0. The molecule has 0 aliphatic heterocycles. The minimum Gasteiger partial charge on any atom is -0.329 e. The maximum absolute atomic E-state index is 13.8. The van der Waals surface area contributed by atoms with E-state index in [1.54, 1.807) is 6.92 Å². The van der Waals surface area contributed by atoms with Crippen LogP contribution in [0.25, 0.3) is 0 Å². The Bertz CT molecular complexity index is 710. The molecule has 4 N–H and O–H groups in total. The zero-order valence-corrected chi connectivity index (χ0v) is 14.5. The van der Waals surface area contributed by atoms with Gasteiger partial charge in [-0.05, 0) is 32.0 Å². The Morgan fingerprint density at radius 2 is 1.86 bits per heavy atom. The van der Waals surface area contributed by atoms with Gasteiger partial charge in [0.05, 0.1) is 16.3 Å². The van der Waals surface area contributed by atoms with E-state index >= 15 is 0 Å². The molecule has 0 saturated heterocycles. The van der Waals surface area contributed by atoms with E-state index in [0.717, 1.165) is 18.2 Å². The molecule has 7 nitrogen and oxygen atoms in total. The molecule has 0 bridgehead atoms. The van der Waals surface area contributed by atoms with Crippen molar-refractivity contribution in [2.24, 2.45) is 5.73 Å². The van der Waals surface area contributed by atoms with Gasteiger partial charge in [0.15, 0.2) is 0 Å². The maximum Gasteiger partial charge on any atom is 0.240 e. The lowest BCUT2D eigenvalue weighted by atomic mass is 10.3. The Labute approximate surface area is 136 Å². The monoisotopic (exact) mass is 375 g/mol. The molecule has 0 fully saturated rings. The molecule has 1 atom stereocenters. The number of nitrogens with two attached hydrogens (primary N) is 1. The average molecular weight is 376 g/mol. The van der Waals surface area contributed by atoms with Crippen LogP contribution in [-0.4, -0.2) is 35.2 Å². The highest BCUT2D eigenvalue weighted by Gasteiger charge is 2.19. The van der Waals surface area contributed by atoms with E-state index < -0.39 is 31.9 Å². The van der Waals surface area contributed by atoms with Crippen LogP contribution in [0.3, 0.4) is 0 Å². The normalized spacial score (nSPS) is 13.3. The standard InChI is InChI=1S/C11H18FN3O4S2.ClH/c1-3-20(16,17)15-11-5-4-9(6-10(11)12)21(18,19)14-8(2)7-13;/h4-6,8,14-15H,3,7,13H2,1-2H3;1H/t8-;/m0./s1. The first kappa shape index (κ1) is 21.1. The van der Waals surface area contributed by atoms with E-state index in [2.05, 4.69) is 4.72 Å². The molecule has 0 unspecified atom stereocenters. The molecular formula is C11H19ClFN3O4S2. The van der Waals surface area contributed by atoms with Gasteiger partial charge in [-0.15, -0.1) is 12.4 Å². The number of sulfonamides is 2. The molecule has 0 amide bonds. The van der Waals surface area contributed by atoms with Crippen LogP contribution in [0, 0.1) is 5.82 Å². The smallest absolute Gasteiger partial charge is 0.240 e. The largest absolute Gasteiger partial charge is 0.329 e. The van der Waals surface area contributed by atoms with Crippen LogP contribution in [0.5, 0.6) is 0 Å². The molecule has 0 heterocycles. The van der Waals surface area contributed by atoms with Crippen LogP contribution >= 0.6 is 12.4 Å². The van der Waals surface area contributed by atoms with E-state index in [-0.39, 0.29) is 35.3 Å². The van der Waals surface area contributed by atoms with Crippen LogP contribution in [0.4, 0.5) is 10.1 Å². The topological polar surface area (TPSA) is 118 Å². The Hall–Kier alpha value is -0.940. The minimum atomic E-state index is -3.91. The fraction of sp³-hybridized carbons (Fsp3) is 0.455. The first-order valence-corrected chi connectivity index (χ1v) is 9.27. The fourth-order valence-electron chi connectivity index (χ4n) is 1.37. The van der Waals surface area contributed by atoms with E-state index in [1.807, 2.05) is 4.72 Å². The van der Waals surface area contributed by atoms with Crippen molar-refractivity contribution in [3.63, 3.8) is 0 Å². The maximum atomic E-state index is 13.8. The minimum absolute atomic E-state index is 0. The second-order valence-electron chi connectivity index (χ2n) is 4.41. The van der Waals surface area contributed by atoms with Gasteiger partial charge in [0.1, 0.15) is 5.82 Å². The first-order valence-electron chi connectivity index (χ1n) is 6.13. The summed E-state index contributed by atoms with van der Waals surface area (Å²) in [5.41, 5.74) is 5.02. The third kappa shape index (κ3) is 5.69. The van der Waals surface area contributed by atoms with Crippen molar-refractivity contribution >= 4 is 38.1 Å². The van der Waals surface area contributed by atoms with Gasteiger partial charge in [-0.2, -0.15) is 0 Å². The third-order valence-electron chi connectivity index (χ3n) is 2.61. The molecule has 1 rings (SSSR count). The number of anilines is 1. The molecule has 22 heavy (non-hydrogen) atoms. The molecule has 11 heteroatoms. The molecule has 1 aromatic rings. The van der Waals surface area contributed by atoms with Crippen LogP contribution in [0.1, 0.15) is 13.8 Å². The van der Waals surface area contributed by atoms with E-state index in [0.29, 0.717) is 0 Å². The average Bonchev–Trinajstić information content (AvgIpc) is 2.40. The van der Waals surface area contributed by atoms with E-state index in [9.17, 15) is 21.2 Å². The lowest BCUT2D eigenvalue weighted by molar-refractivity contribution is 0.560. The van der Waals surface area contributed by atoms with E-state index in [1.165, 1.54) is 6.92 Å². The molecule has 0 spiro atoms. The van der Waals surface area contributed by atoms with Crippen molar-refractivity contribution in [3.05, 3.63) is 24.0 Å². The summed E-state index contributed by atoms with van der Waals surface area (Å²) in [7, 11) is -7.55. The van der Waals surface area contributed by atoms with Crippen molar-refractivity contribution in [2.45, 2.75) is 24.8 Å². The van der Waals surface area contributed by atoms with Crippen LogP contribution in [-0.2, 0) is 20.0 Å². The summed E-state index contributed by atoms with van der Waals surface area (Å²) in [4.78, 5) is -0.306. The second-order valence-corrected chi connectivity index (χ2v) is 8.13. The highest BCUT2D eigenvalue weighted by molar-refractivity contribution is 7.92. The zero-order chi connectivity index (χ0) is 16.3. The highest BCUT2D eigenvalue weighted by Crippen LogP contribution is 2.20. The lowest BCUT2D eigenvalue weighted by Gasteiger charge is -2.13. The van der Waals surface area contributed by atoms with Gasteiger partial charge in [-0.1, -0.05) is 0 Å². The predicted octanol–water partition coefficient (Wildman–Crippen LogP) is 0.635. The molecule has 0 aliphatic rings. The second kappa shape index (κ2) is 8.06. The number of benzene rings is 1. The molecule has 0 saturated carbocycles. The number of halogens is 2. The molecule has 1 aromatic carbocycles. The van der Waals surface area contributed by atoms with Gasteiger partial charge in [0.25, 0.3) is 0 Å². The Morgan fingerprint density at radius 3 is 2.32 bits per heavy atom. The lowest BCUT2D eigenvalue weighted by Crippen LogP contribution is -2.37. The molecule has 128 valence electrons. The number of nitrogens with one attached hydrogen (secondary N) is 2. The predicted molar refractivity (Wildman–Crippen MR) is 85.6 cm³/mol. The van der Waals surface area contributed by atoms with Gasteiger partial charge < -0.3 is 5.73 Å². The van der Waals surface area contributed by atoms with Crippen LogP contribution < -0.4 is 15.2 Å². The fourth-order valence-corrected chi connectivity index (χ4v) is 3.28. The van der Waals surface area contributed by atoms with Gasteiger partial charge in [-0.25, -0.2) is 25.9 Å². The van der Waals surface area contributed by atoms with Crippen molar-refractivity contribution < 1.29 is 21.2 Å². The number of rotatable bonds is 7. The van der Waals surface area contributed by atoms with Crippen LogP contribution in [0.15, 0.2) is 23.1 Å². The van der Waals surface area contributed by atoms with Crippen molar-refractivity contribution in [1.29, 1.82) is 0 Å². The van der Waals surface area contributed by atoms with Gasteiger partial charge in [0, 0.05) is 12.6 Å². The third-order valence-corrected chi connectivity index (χ3v) is 5.48.